The maximum Gasteiger partial charge on any atom is 0.303 e. The molecule has 0 aliphatic carbocycles. The van der Waals surface area contributed by atoms with E-state index in [1.54, 1.807) is 0 Å². The molecule has 0 amide bonds. The normalized spacial score (nSPS) is 20.9. The van der Waals surface area contributed by atoms with Gasteiger partial charge in [0.1, 0.15) is 5.75 Å². The largest absolute Gasteiger partial charge is 0.494 e. The van der Waals surface area contributed by atoms with Gasteiger partial charge >= 0.3 is 5.97 Å². The summed E-state index contributed by atoms with van der Waals surface area (Å²) in [6, 6.07) is 10.00. The van der Waals surface area contributed by atoms with E-state index in [1.807, 2.05) is 42.1 Å². The van der Waals surface area contributed by atoms with Gasteiger partial charge in [0.25, 0.3) is 0 Å². The van der Waals surface area contributed by atoms with Crippen molar-refractivity contribution in [1.29, 1.82) is 0 Å². The van der Waals surface area contributed by atoms with Crippen molar-refractivity contribution >= 4 is 17.7 Å². The first-order valence-corrected chi connectivity index (χ1v) is 9.53. The zero-order valence-electron chi connectivity index (χ0n) is 13.5. The molecule has 0 saturated carbocycles. The number of hydrogen-bond donors (Lipinski definition) is 1. The van der Waals surface area contributed by atoms with Crippen LogP contribution in [0.25, 0.3) is 0 Å². The molecule has 1 aliphatic rings. The molecule has 0 aromatic heterocycles. The molecule has 1 aliphatic heterocycles. The van der Waals surface area contributed by atoms with E-state index in [1.165, 1.54) is 11.5 Å². The molecule has 1 heterocycles. The number of para-hydroxylation sites is 1. The third-order valence-corrected chi connectivity index (χ3v) is 5.53. The fourth-order valence-corrected chi connectivity index (χ4v) is 4.42. The molecular formula is C19H26O3S. The molecule has 0 bridgehead atoms. The maximum absolute atomic E-state index is 10.4. The van der Waals surface area contributed by atoms with E-state index < -0.39 is 5.97 Å². The van der Waals surface area contributed by atoms with Gasteiger partial charge in [-0.2, -0.15) is 11.8 Å². The van der Waals surface area contributed by atoms with E-state index in [4.69, 9.17) is 9.84 Å². The highest BCUT2D eigenvalue weighted by Gasteiger charge is 2.26. The summed E-state index contributed by atoms with van der Waals surface area (Å²) in [6.45, 7) is 0.786. The van der Waals surface area contributed by atoms with Gasteiger partial charge in [0.2, 0.25) is 0 Å². The zero-order valence-corrected chi connectivity index (χ0v) is 14.3. The topological polar surface area (TPSA) is 46.5 Å². The van der Waals surface area contributed by atoms with Crippen LogP contribution >= 0.6 is 11.8 Å². The van der Waals surface area contributed by atoms with Crippen molar-refractivity contribution in [3.8, 4) is 5.75 Å². The minimum absolute atomic E-state index is 0.267. The summed E-state index contributed by atoms with van der Waals surface area (Å²) in [7, 11) is 0. The van der Waals surface area contributed by atoms with Crippen molar-refractivity contribution in [2.45, 2.75) is 32.1 Å². The molecule has 1 fully saturated rings. The summed E-state index contributed by atoms with van der Waals surface area (Å²) in [6.07, 6.45) is 8.47. The van der Waals surface area contributed by atoms with Gasteiger partial charge in [-0.25, -0.2) is 0 Å². The number of thioether (sulfide) groups is 1. The number of carboxylic acids is 1. The number of rotatable bonds is 10. The summed E-state index contributed by atoms with van der Waals surface area (Å²) < 4.78 is 5.81. The number of ether oxygens (including phenoxy) is 1. The van der Waals surface area contributed by atoms with Crippen LogP contribution in [0.4, 0.5) is 0 Å². The first kappa shape index (κ1) is 17.9. The van der Waals surface area contributed by atoms with Gasteiger partial charge in [-0.15, -0.1) is 0 Å². The fraction of sp³-hybridized carbons (Fsp3) is 0.526. The van der Waals surface area contributed by atoms with Gasteiger partial charge in [-0.05, 0) is 61.2 Å². The van der Waals surface area contributed by atoms with E-state index in [9.17, 15) is 4.79 Å². The van der Waals surface area contributed by atoms with E-state index >= 15 is 0 Å². The summed E-state index contributed by atoms with van der Waals surface area (Å²) in [5.41, 5.74) is 0. The minimum Gasteiger partial charge on any atom is -0.494 e. The Morgan fingerprint density at radius 1 is 1.22 bits per heavy atom. The Hall–Kier alpha value is -1.42. The van der Waals surface area contributed by atoms with Crippen molar-refractivity contribution < 1.29 is 14.6 Å². The Bertz CT molecular complexity index is 487. The number of benzene rings is 1. The van der Waals surface area contributed by atoms with E-state index in [0.717, 1.165) is 49.9 Å². The first-order chi connectivity index (χ1) is 11.3. The molecule has 2 rings (SSSR count). The molecule has 1 saturated heterocycles. The predicted octanol–water partition coefficient (Wildman–Crippen LogP) is 4.64. The molecule has 4 heteroatoms. The Morgan fingerprint density at radius 2 is 2.00 bits per heavy atom. The third kappa shape index (κ3) is 7.12. The summed E-state index contributed by atoms with van der Waals surface area (Å²) in [5, 5.41) is 8.60. The van der Waals surface area contributed by atoms with E-state index in [-0.39, 0.29) is 6.42 Å². The lowest BCUT2D eigenvalue weighted by Crippen LogP contribution is -2.15. The van der Waals surface area contributed by atoms with Crippen molar-refractivity contribution in [2.75, 3.05) is 18.1 Å². The molecule has 3 nitrogen and oxygen atoms in total. The molecule has 1 aromatic rings. The monoisotopic (exact) mass is 334 g/mol. The lowest BCUT2D eigenvalue weighted by atomic mass is 9.90. The fourth-order valence-electron chi connectivity index (χ4n) is 2.83. The number of unbranched alkanes of at least 4 members (excludes halogenated alkanes) is 1. The number of allylic oxidation sites excluding steroid dienone is 2. The molecule has 126 valence electrons. The van der Waals surface area contributed by atoms with Crippen molar-refractivity contribution in [1.82, 2.24) is 0 Å². The minimum atomic E-state index is -0.705. The Morgan fingerprint density at radius 3 is 2.78 bits per heavy atom. The maximum atomic E-state index is 10.4. The summed E-state index contributed by atoms with van der Waals surface area (Å²) in [4.78, 5) is 10.4. The van der Waals surface area contributed by atoms with Gasteiger partial charge < -0.3 is 9.84 Å². The SMILES string of the molecule is O=C(O)CCC/C=C\C[C@H]1CSC[C@H]1CCOc1ccccc1. The number of carboxylic acid groups (broad SMARTS) is 1. The van der Waals surface area contributed by atoms with Gasteiger partial charge in [0.15, 0.2) is 0 Å². The second-order valence-electron chi connectivity index (χ2n) is 6.00. The van der Waals surface area contributed by atoms with Crippen LogP contribution in [-0.2, 0) is 4.79 Å². The van der Waals surface area contributed by atoms with Gasteiger partial charge in [0, 0.05) is 6.42 Å². The highest BCUT2D eigenvalue weighted by Crippen LogP contribution is 2.34. The second kappa shape index (κ2) is 10.4. The summed E-state index contributed by atoms with van der Waals surface area (Å²) >= 11 is 2.04. The van der Waals surface area contributed by atoms with Crippen molar-refractivity contribution in [3.63, 3.8) is 0 Å². The Labute approximate surface area is 143 Å². The average Bonchev–Trinajstić information content (AvgIpc) is 2.99. The highest BCUT2D eigenvalue weighted by atomic mass is 32.2. The van der Waals surface area contributed by atoms with Crippen LogP contribution in [0.15, 0.2) is 42.5 Å². The number of carbonyl (C=O) groups is 1. The molecule has 23 heavy (non-hydrogen) atoms. The van der Waals surface area contributed by atoms with E-state index in [2.05, 4.69) is 12.2 Å². The molecule has 1 N–H and O–H groups in total. The second-order valence-corrected chi connectivity index (χ2v) is 7.08. The molecule has 1 aromatic carbocycles. The molecule has 2 atom stereocenters. The number of hydrogen-bond acceptors (Lipinski definition) is 3. The van der Waals surface area contributed by atoms with Crippen LogP contribution in [0.3, 0.4) is 0 Å². The van der Waals surface area contributed by atoms with Crippen molar-refractivity contribution in [3.05, 3.63) is 42.5 Å². The lowest BCUT2D eigenvalue weighted by Gasteiger charge is -2.17. The quantitative estimate of drug-likeness (QED) is 0.500. The Balaban J connectivity index is 1.62. The Kier molecular flexibility index (Phi) is 8.08. The van der Waals surface area contributed by atoms with Crippen molar-refractivity contribution in [2.24, 2.45) is 11.8 Å². The van der Waals surface area contributed by atoms with Crippen LogP contribution < -0.4 is 4.74 Å². The van der Waals surface area contributed by atoms with Gasteiger partial charge in [-0.1, -0.05) is 30.4 Å². The smallest absolute Gasteiger partial charge is 0.303 e. The van der Waals surface area contributed by atoms with Gasteiger partial charge in [0.05, 0.1) is 6.61 Å². The van der Waals surface area contributed by atoms with Crippen LogP contribution in [0, 0.1) is 11.8 Å². The first-order valence-electron chi connectivity index (χ1n) is 8.38. The molecular weight excluding hydrogens is 308 g/mol. The standard InChI is InChI=1S/C19H26O3S/c20-19(21)11-7-2-1-4-8-16-14-23-15-17(16)12-13-22-18-9-5-3-6-10-18/h1,3-6,9-10,16-17H,2,7-8,11-15H2,(H,20,21)/b4-1-/t16-,17+/m0/s1. The number of aliphatic carboxylic acids is 1. The van der Waals surface area contributed by atoms with Crippen LogP contribution in [0.1, 0.15) is 32.1 Å². The zero-order chi connectivity index (χ0) is 16.3. The van der Waals surface area contributed by atoms with E-state index in [0.29, 0.717) is 0 Å². The molecule has 0 radical (unpaired) electrons. The van der Waals surface area contributed by atoms with Crippen LogP contribution in [0.2, 0.25) is 0 Å². The third-order valence-electron chi connectivity index (χ3n) is 4.20. The van der Waals surface area contributed by atoms with Crippen LogP contribution in [-0.4, -0.2) is 29.2 Å². The predicted molar refractivity (Wildman–Crippen MR) is 96.1 cm³/mol. The summed E-state index contributed by atoms with van der Waals surface area (Å²) in [5.74, 6) is 4.17. The van der Waals surface area contributed by atoms with Gasteiger partial charge in [-0.3, -0.25) is 4.79 Å². The lowest BCUT2D eigenvalue weighted by molar-refractivity contribution is -0.137. The molecule has 0 unspecified atom stereocenters. The highest BCUT2D eigenvalue weighted by molar-refractivity contribution is 7.99. The molecule has 0 spiro atoms. The van der Waals surface area contributed by atoms with Crippen LogP contribution in [0.5, 0.6) is 5.75 Å². The average molecular weight is 334 g/mol.